The zero-order chi connectivity index (χ0) is 9.07. The second-order valence-corrected chi connectivity index (χ2v) is 4.63. The Labute approximate surface area is 70.3 Å². The van der Waals surface area contributed by atoms with Gasteiger partial charge < -0.3 is 11.5 Å². The Hall–Kier alpha value is -0.0800. The van der Waals surface area contributed by atoms with E-state index in [1.807, 2.05) is 0 Å². The first-order valence-electron chi connectivity index (χ1n) is 4.34. The van der Waals surface area contributed by atoms with Gasteiger partial charge >= 0.3 is 0 Å². The highest BCUT2D eigenvalue weighted by Crippen LogP contribution is 2.28. The van der Waals surface area contributed by atoms with E-state index in [-0.39, 0.29) is 6.17 Å². The monoisotopic (exact) mass is 158 g/mol. The van der Waals surface area contributed by atoms with Gasteiger partial charge in [0.05, 0.1) is 6.17 Å². The lowest BCUT2D eigenvalue weighted by Gasteiger charge is -2.28. The molecule has 0 aromatic rings. The van der Waals surface area contributed by atoms with E-state index in [4.69, 9.17) is 11.5 Å². The minimum absolute atomic E-state index is 0.163. The first kappa shape index (κ1) is 10.9. The summed E-state index contributed by atoms with van der Waals surface area (Å²) in [7, 11) is 0. The van der Waals surface area contributed by atoms with Crippen LogP contribution in [0.2, 0.25) is 0 Å². The highest BCUT2D eigenvalue weighted by Gasteiger charge is 2.20. The lowest BCUT2D eigenvalue weighted by atomic mass is 9.80. The molecule has 0 aromatic carbocycles. The lowest BCUT2D eigenvalue weighted by Crippen LogP contribution is -2.36. The summed E-state index contributed by atoms with van der Waals surface area (Å²) < 4.78 is 0. The predicted octanol–water partition coefficient (Wildman–Crippen LogP) is 1.69. The smallest absolute Gasteiger partial charge is 0.0526 e. The summed E-state index contributed by atoms with van der Waals surface area (Å²) in [6, 6.07) is 0. The minimum Gasteiger partial charge on any atom is -0.316 e. The molecule has 0 saturated carbocycles. The van der Waals surface area contributed by atoms with Crippen LogP contribution in [-0.2, 0) is 0 Å². The van der Waals surface area contributed by atoms with E-state index in [1.165, 1.54) is 6.42 Å². The zero-order valence-corrected chi connectivity index (χ0v) is 8.22. The molecule has 0 bridgehead atoms. The fourth-order valence-electron chi connectivity index (χ4n) is 1.83. The topological polar surface area (TPSA) is 52.0 Å². The molecule has 0 heterocycles. The van der Waals surface area contributed by atoms with Crippen molar-refractivity contribution in [3.8, 4) is 0 Å². The van der Waals surface area contributed by atoms with Crippen LogP contribution in [0.3, 0.4) is 0 Å². The molecule has 11 heavy (non-hydrogen) atoms. The van der Waals surface area contributed by atoms with Gasteiger partial charge in [-0.2, -0.15) is 0 Å². The number of hydrogen-bond donors (Lipinski definition) is 2. The first-order chi connectivity index (χ1) is 4.83. The van der Waals surface area contributed by atoms with E-state index in [1.54, 1.807) is 0 Å². The molecule has 2 heteroatoms. The van der Waals surface area contributed by atoms with Crippen molar-refractivity contribution in [1.29, 1.82) is 0 Å². The molecule has 0 aliphatic carbocycles. The van der Waals surface area contributed by atoms with E-state index in [9.17, 15) is 0 Å². The maximum Gasteiger partial charge on any atom is 0.0526 e. The summed E-state index contributed by atoms with van der Waals surface area (Å²) in [5.41, 5.74) is 11.4. The van der Waals surface area contributed by atoms with Gasteiger partial charge in [-0.1, -0.05) is 27.7 Å². The van der Waals surface area contributed by atoms with Crippen molar-refractivity contribution in [1.82, 2.24) is 0 Å². The van der Waals surface area contributed by atoms with Crippen LogP contribution in [0.5, 0.6) is 0 Å². The van der Waals surface area contributed by atoms with Gasteiger partial charge in [-0.25, -0.2) is 0 Å². The van der Waals surface area contributed by atoms with Crippen molar-refractivity contribution >= 4 is 0 Å². The Kier molecular flexibility index (Phi) is 4.04. The van der Waals surface area contributed by atoms with Crippen LogP contribution in [0.4, 0.5) is 0 Å². The Bertz CT molecular complexity index is 94.1. The maximum atomic E-state index is 5.53. The molecule has 68 valence electrons. The van der Waals surface area contributed by atoms with Crippen molar-refractivity contribution in [3.05, 3.63) is 0 Å². The molecule has 0 rings (SSSR count). The van der Waals surface area contributed by atoms with Crippen LogP contribution >= 0.6 is 0 Å². The molecule has 0 unspecified atom stereocenters. The van der Waals surface area contributed by atoms with Gasteiger partial charge in [-0.05, 0) is 24.2 Å². The van der Waals surface area contributed by atoms with Gasteiger partial charge in [0.25, 0.3) is 0 Å². The van der Waals surface area contributed by atoms with Crippen molar-refractivity contribution in [3.63, 3.8) is 0 Å². The van der Waals surface area contributed by atoms with E-state index in [0.717, 1.165) is 12.3 Å². The molecule has 0 radical (unpaired) electrons. The second kappa shape index (κ2) is 4.07. The molecule has 0 aromatic heterocycles. The van der Waals surface area contributed by atoms with Crippen LogP contribution in [0.1, 0.15) is 40.5 Å². The second-order valence-electron chi connectivity index (χ2n) is 4.63. The van der Waals surface area contributed by atoms with Crippen LogP contribution in [0, 0.1) is 11.3 Å². The quantitative estimate of drug-likeness (QED) is 0.612. The van der Waals surface area contributed by atoms with E-state index >= 15 is 0 Å². The summed E-state index contributed by atoms with van der Waals surface area (Å²) in [5, 5.41) is 0. The number of nitrogens with two attached hydrogens (primary N) is 2. The average molecular weight is 158 g/mol. The molecule has 0 atom stereocenters. The van der Waals surface area contributed by atoms with Crippen LogP contribution in [0.15, 0.2) is 0 Å². The Morgan fingerprint density at radius 2 is 1.55 bits per heavy atom. The van der Waals surface area contributed by atoms with E-state index in [0.29, 0.717) is 5.41 Å². The molecule has 0 spiro atoms. The SMILES string of the molecule is CC(C)CC(C)(C)CC(N)N. The average Bonchev–Trinajstić information content (AvgIpc) is 1.53. The molecule has 0 saturated heterocycles. The number of hydrogen-bond acceptors (Lipinski definition) is 2. The van der Waals surface area contributed by atoms with Gasteiger partial charge in [0.15, 0.2) is 0 Å². The van der Waals surface area contributed by atoms with Gasteiger partial charge in [-0.3, -0.25) is 0 Å². The fourth-order valence-corrected chi connectivity index (χ4v) is 1.83. The third-order valence-corrected chi connectivity index (χ3v) is 1.75. The van der Waals surface area contributed by atoms with Crippen molar-refractivity contribution in [2.24, 2.45) is 22.8 Å². The summed E-state index contributed by atoms with van der Waals surface area (Å²) in [5.74, 6) is 0.726. The van der Waals surface area contributed by atoms with Crippen LogP contribution in [0.25, 0.3) is 0 Å². The number of rotatable bonds is 4. The van der Waals surface area contributed by atoms with E-state index < -0.39 is 0 Å². The molecule has 0 fully saturated rings. The third kappa shape index (κ3) is 6.32. The molecule has 4 N–H and O–H groups in total. The standard InChI is InChI=1S/C9H22N2/c1-7(2)5-9(3,4)6-8(10)11/h7-8H,5-6,10-11H2,1-4H3. The van der Waals surface area contributed by atoms with Gasteiger partial charge in [-0.15, -0.1) is 0 Å². The summed E-state index contributed by atoms with van der Waals surface area (Å²) in [4.78, 5) is 0. The minimum atomic E-state index is -0.163. The van der Waals surface area contributed by atoms with Gasteiger partial charge in [0.1, 0.15) is 0 Å². The van der Waals surface area contributed by atoms with Crippen molar-refractivity contribution in [2.75, 3.05) is 0 Å². The Morgan fingerprint density at radius 3 is 1.82 bits per heavy atom. The normalized spacial score (nSPS) is 13.1. The van der Waals surface area contributed by atoms with E-state index in [2.05, 4.69) is 27.7 Å². The van der Waals surface area contributed by atoms with Crippen LogP contribution < -0.4 is 11.5 Å². The highest BCUT2D eigenvalue weighted by molar-refractivity contribution is 4.73. The lowest BCUT2D eigenvalue weighted by molar-refractivity contribution is 0.247. The molecular formula is C9H22N2. The van der Waals surface area contributed by atoms with Crippen LogP contribution in [-0.4, -0.2) is 6.17 Å². The van der Waals surface area contributed by atoms with Gasteiger partial charge in [0, 0.05) is 0 Å². The molecule has 0 amide bonds. The summed E-state index contributed by atoms with van der Waals surface area (Å²) in [6.07, 6.45) is 1.94. The molecule has 0 aliphatic heterocycles. The predicted molar refractivity (Wildman–Crippen MR) is 50.0 cm³/mol. The van der Waals surface area contributed by atoms with Crippen molar-refractivity contribution < 1.29 is 0 Å². The Morgan fingerprint density at radius 1 is 1.09 bits per heavy atom. The third-order valence-electron chi connectivity index (χ3n) is 1.75. The molecule has 0 aliphatic rings. The zero-order valence-electron chi connectivity index (χ0n) is 8.22. The largest absolute Gasteiger partial charge is 0.316 e. The molecular weight excluding hydrogens is 136 g/mol. The van der Waals surface area contributed by atoms with Gasteiger partial charge in [0.2, 0.25) is 0 Å². The summed E-state index contributed by atoms with van der Waals surface area (Å²) >= 11 is 0. The summed E-state index contributed by atoms with van der Waals surface area (Å²) in [6.45, 7) is 8.90. The fraction of sp³-hybridized carbons (Fsp3) is 1.00. The first-order valence-corrected chi connectivity index (χ1v) is 4.34. The Balaban J connectivity index is 3.79. The maximum absolute atomic E-state index is 5.53. The molecule has 2 nitrogen and oxygen atoms in total. The van der Waals surface area contributed by atoms with Crippen molar-refractivity contribution in [2.45, 2.75) is 46.7 Å². The highest BCUT2D eigenvalue weighted by atomic mass is 14.8.